The lowest BCUT2D eigenvalue weighted by Crippen LogP contribution is -2.30. The van der Waals surface area contributed by atoms with E-state index in [1.807, 2.05) is 13.0 Å². The summed E-state index contributed by atoms with van der Waals surface area (Å²) in [5, 5.41) is 14.6. The average Bonchev–Trinajstić information content (AvgIpc) is 2.66. The minimum Gasteiger partial charge on any atom is -0.495 e. The highest BCUT2D eigenvalue weighted by atomic mass is 16.5. The molecule has 0 heterocycles. The number of nitrogens with one attached hydrogen (secondary N) is 2. The van der Waals surface area contributed by atoms with Crippen LogP contribution in [0, 0.1) is 6.92 Å². The summed E-state index contributed by atoms with van der Waals surface area (Å²) in [6, 6.07) is 12.2. The van der Waals surface area contributed by atoms with Gasteiger partial charge in [-0.1, -0.05) is 18.2 Å². The van der Waals surface area contributed by atoms with Crippen molar-refractivity contribution in [1.29, 1.82) is 0 Å². The molecular formula is C20H24N2O5. The maximum atomic E-state index is 12.4. The molecule has 2 rings (SSSR count). The lowest BCUT2D eigenvalue weighted by molar-refractivity contribution is -0.123. The van der Waals surface area contributed by atoms with E-state index in [0.717, 1.165) is 5.56 Å². The fraction of sp³-hybridized carbons (Fsp3) is 0.300. The van der Waals surface area contributed by atoms with Crippen LogP contribution in [0.15, 0.2) is 42.5 Å². The Labute approximate surface area is 158 Å². The summed E-state index contributed by atoms with van der Waals surface area (Å²) in [5.41, 5.74) is 2.29. The van der Waals surface area contributed by atoms with E-state index >= 15 is 0 Å². The first kappa shape index (κ1) is 20.3. The molecule has 0 fully saturated rings. The molecule has 1 unspecified atom stereocenters. The first-order valence-corrected chi connectivity index (χ1v) is 8.56. The second kappa shape index (κ2) is 9.59. The summed E-state index contributed by atoms with van der Waals surface area (Å²) >= 11 is 0. The molecule has 0 aliphatic carbocycles. The molecule has 1 atom stereocenters. The largest absolute Gasteiger partial charge is 0.495 e. The number of ether oxygens (including phenoxy) is 2. The van der Waals surface area contributed by atoms with Gasteiger partial charge in [-0.2, -0.15) is 0 Å². The second-order valence-corrected chi connectivity index (χ2v) is 5.94. The Morgan fingerprint density at radius 2 is 1.89 bits per heavy atom. The molecule has 27 heavy (non-hydrogen) atoms. The zero-order valence-electron chi connectivity index (χ0n) is 15.6. The second-order valence-electron chi connectivity index (χ2n) is 5.94. The van der Waals surface area contributed by atoms with Gasteiger partial charge in [0.1, 0.15) is 5.75 Å². The number of aliphatic hydroxyl groups is 1. The number of benzene rings is 2. The van der Waals surface area contributed by atoms with Crippen LogP contribution in [0.4, 0.5) is 11.4 Å². The van der Waals surface area contributed by atoms with Crippen LogP contribution in [0.25, 0.3) is 0 Å². The number of hydrogen-bond donors (Lipinski definition) is 3. The van der Waals surface area contributed by atoms with Gasteiger partial charge >= 0.3 is 5.97 Å². The molecule has 2 aromatic rings. The number of carbonyl (C=O) groups excluding carboxylic acids is 2. The van der Waals surface area contributed by atoms with Crippen molar-refractivity contribution in [3.05, 3.63) is 53.6 Å². The van der Waals surface area contributed by atoms with Crippen molar-refractivity contribution in [3.8, 4) is 5.75 Å². The van der Waals surface area contributed by atoms with Crippen LogP contribution in [0.2, 0.25) is 0 Å². The molecule has 7 heteroatoms. The normalized spacial score (nSPS) is 11.4. The molecule has 0 saturated heterocycles. The summed E-state index contributed by atoms with van der Waals surface area (Å²) < 4.78 is 10.5. The van der Waals surface area contributed by atoms with Gasteiger partial charge in [-0.05, 0) is 43.7 Å². The zero-order chi connectivity index (χ0) is 19.8. The fourth-order valence-corrected chi connectivity index (χ4v) is 2.44. The minimum atomic E-state index is -1.01. The summed E-state index contributed by atoms with van der Waals surface area (Å²) in [6.07, 6.45) is -1.01. The third-order valence-electron chi connectivity index (χ3n) is 3.84. The van der Waals surface area contributed by atoms with Gasteiger partial charge in [0.2, 0.25) is 0 Å². The van der Waals surface area contributed by atoms with Crippen molar-refractivity contribution in [1.82, 2.24) is 0 Å². The fourth-order valence-electron chi connectivity index (χ4n) is 2.44. The molecule has 0 aliphatic heterocycles. The Morgan fingerprint density at radius 1 is 1.15 bits per heavy atom. The highest BCUT2D eigenvalue weighted by Gasteiger charge is 2.21. The van der Waals surface area contributed by atoms with Gasteiger partial charge in [0.25, 0.3) is 5.91 Å². The van der Waals surface area contributed by atoms with Gasteiger partial charge < -0.3 is 25.2 Å². The molecule has 0 aliphatic rings. The van der Waals surface area contributed by atoms with Gasteiger partial charge in [-0.3, -0.25) is 4.79 Å². The Kier molecular flexibility index (Phi) is 7.19. The maximum Gasteiger partial charge on any atom is 0.341 e. The molecular weight excluding hydrogens is 348 g/mol. The van der Waals surface area contributed by atoms with Gasteiger partial charge in [-0.25, -0.2) is 4.79 Å². The van der Waals surface area contributed by atoms with E-state index < -0.39 is 18.0 Å². The molecule has 0 radical (unpaired) electrons. The first-order valence-electron chi connectivity index (χ1n) is 8.56. The third-order valence-corrected chi connectivity index (χ3v) is 3.84. The Hall–Kier alpha value is -3.06. The standard InChI is InChI=1S/C20H24N2O5/c1-13-8-9-18(26-3)17(12-13)22-19(24)14(2)27-20(25)15-6-4-5-7-16(15)21-10-11-23/h4-9,12,14,21,23H,10-11H2,1-3H3,(H,22,24). The minimum absolute atomic E-state index is 0.0689. The third kappa shape index (κ3) is 5.46. The molecule has 0 bridgehead atoms. The van der Waals surface area contributed by atoms with Crippen molar-refractivity contribution in [2.45, 2.75) is 20.0 Å². The van der Waals surface area contributed by atoms with Gasteiger partial charge in [0.15, 0.2) is 6.10 Å². The van der Waals surface area contributed by atoms with E-state index in [1.165, 1.54) is 14.0 Å². The summed E-state index contributed by atoms with van der Waals surface area (Å²) in [7, 11) is 1.51. The quantitative estimate of drug-likeness (QED) is 0.617. The van der Waals surface area contributed by atoms with Crippen LogP contribution < -0.4 is 15.4 Å². The Balaban J connectivity index is 2.06. The molecule has 0 aromatic heterocycles. The van der Waals surface area contributed by atoms with Crippen molar-refractivity contribution in [3.63, 3.8) is 0 Å². The van der Waals surface area contributed by atoms with E-state index in [9.17, 15) is 9.59 Å². The monoisotopic (exact) mass is 372 g/mol. The van der Waals surface area contributed by atoms with E-state index in [0.29, 0.717) is 29.2 Å². The number of anilines is 2. The summed E-state index contributed by atoms with van der Waals surface area (Å²) in [6.45, 7) is 3.63. The molecule has 0 spiro atoms. The van der Waals surface area contributed by atoms with Crippen LogP contribution in [0.5, 0.6) is 5.75 Å². The first-order chi connectivity index (χ1) is 13.0. The number of rotatable bonds is 8. The van der Waals surface area contributed by atoms with Crippen molar-refractivity contribution in [2.24, 2.45) is 0 Å². The molecule has 0 saturated carbocycles. The van der Waals surface area contributed by atoms with Crippen molar-refractivity contribution < 1.29 is 24.2 Å². The van der Waals surface area contributed by atoms with E-state index in [2.05, 4.69) is 10.6 Å². The molecule has 1 amide bonds. The number of esters is 1. The van der Waals surface area contributed by atoms with Crippen molar-refractivity contribution >= 4 is 23.3 Å². The number of hydrogen-bond acceptors (Lipinski definition) is 6. The SMILES string of the molecule is COc1ccc(C)cc1NC(=O)C(C)OC(=O)c1ccccc1NCCO. The molecule has 2 aromatic carbocycles. The van der Waals surface area contributed by atoms with Crippen molar-refractivity contribution in [2.75, 3.05) is 30.9 Å². The summed E-state index contributed by atoms with van der Waals surface area (Å²) in [4.78, 5) is 24.9. The number of para-hydroxylation sites is 1. The number of aryl methyl sites for hydroxylation is 1. The lowest BCUT2D eigenvalue weighted by Gasteiger charge is -2.17. The van der Waals surface area contributed by atoms with Gasteiger partial charge in [-0.15, -0.1) is 0 Å². The Morgan fingerprint density at radius 3 is 2.59 bits per heavy atom. The number of methoxy groups -OCH3 is 1. The predicted octanol–water partition coefficient (Wildman–Crippen LogP) is 2.59. The molecule has 7 nitrogen and oxygen atoms in total. The van der Waals surface area contributed by atoms with Crippen LogP contribution in [0.1, 0.15) is 22.8 Å². The highest BCUT2D eigenvalue weighted by Crippen LogP contribution is 2.25. The lowest BCUT2D eigenvalue weighted by atomic mass is 10.1. The van der Waals surface area contributed by atoms with Crippen LogP contribution in [-0.2, 0) is 9.53 Å². The predicted molar refractivity (Wildman–Crippen MR) is 103 cm³/mol. The van der Waals surface area contributed by atoms with E-state index in [-0.39, 0.29) is 6.61 Å². The van der Waals surface area contributed by atoms with E-state index in [1.54, 1.807) is 36.4 Å². The van der Waals surface area contributed by atoms with Crippen LogP contribution >= 0.6 is 0 Å². The van der Waals surface area contributed by atoms with Crippen LogP contribution in [-0.4, -0.2) is 43.3 Å². The molecule has 144 valence electrons. The number of aliphatic hydroxyl groups excluding tert-OH is 1. The molecule has 3 N–H and O–H groups in total. The van der Waals surface area contributed by atoms with Gasteiger partial charge in [0, 0.05) is 12.2 Å². The Bertz CT molecular complexity index is 807. The number of carbonyl (C=O) groups is 2. The van der Waals surface area contributed by atoms with Crippen LogP contribution in [0.3, 0.4) is 0 Å². The summed E-state index contributed by atoms with van der Waals surface area (Å²) in [5.74, 6) is -0.575. The van der Waals surface area contributed by atoms with E-state index in [4.69, 9.17) is 14.6 Å². The maximum absolute atomic E-state index is 12.4. The average molecular weight is 372 g/mol. The number of amides is 1. The van der Waals surface area contributed by atoms with Gasteiger partial charge in [0.05, 0.1) is 25.0 Å². The topological polar surface area (TPSA) is 96.9 Å². The smallest absolute Gasteiger partial charge is 0.341 e. The highest BCUT2D eigenvalue weighted by molar-refractivity contribution is 6.00. The zero-order valence-corrected chi connectivity index (χ0v) is 15.6.